The van der Waals surface area contributed by atoms with Crippen molar-refractivity contribution in [3.8, 4) is 0 Å². The zero-order chi connectivity index (χ0) is 15.2. The van der Waals surface area contributed by atoms with Crippen LogP contribution in [0.4, 0.5) is 0 Å². The molecule has 1 aliphatic rings. The molecule has 0 saturated heterocycles. The summed E-state index contributed by atoms with van der Waals surface area (Å²) in [6.07, 6.45) is 2.02. The summed E-state index contributed by atoms with van der Waals surface area (Å²) in [4.78, 5) is 15.9. The van der Waals surface area contributed by atoms with Crippen molar-refractivity contribution in [2.24, 2.45) is 0 Å². The van der Waals surface area contributed by atoms with E-state index in [2.05, 4.69) is 36.1 Å². The number of hydrogen-bond acceptors (Lipinski definition) is 5. The Bertz CT molecular complexity index is 679. The highest BCUT2D eigenvalue weighted by Gasteiger charge is 2.34. The van der Waals surface area contributed by atoms with Crippen LogP contribution in [0.2, 0.25) is 0 Å². The third-order valence-corrected chi connectivity index (χ3v) is 4.76. The maximum absolute atomic E-state index is 11.2. The molecule has 1 N–H and O–H groups in total. The van der Waals surface area contributed by atoms with E-state index >= 15 is 0 Å². The molecule has 0 radical (unpaired) electrons. The molecular formula is C14H18N4O2S. The summed E-state index contributed by atoms with van der Waals surface area (Å²) in [5.41, 5.74) is 1.77. The first-order chi connectivity index (χ1) is 9.86. The molecule has 1 fully saturated rings. The molecule has 0 amide bonds. The van der Waals surface area contributed by atoms with Crippen molar-refractivity contribution in [3.63, 3.8) is 0 Å². The van der Waals surface area contributed by atoms with E-state index in [-0.39, 0.29) is 17.0 Å². The summed E-state index contributed by atoms with van der Waals surface area (Å²) in [5, 5.41) is 20.1. The third-order valence-electron chi connectivity index (χ3n) is 3.45. The molecule has 0 bridgehead atoms. The number of rotatable bonds is 4. The lowest BCUT2D eigenvalue weighted by Crippen LogP contribution is -2.12. The molecule has 21 heavy (non-hydrogen) atoms. The largest absolute Gasteiger partial charge is 0.476 e. The Labute approximate surface area is 126 Å². The van der Waals surface area contributed by atoms with Gasteiger partial charge in [-0.3, -0.25) is 0 Å². The number of nitrogens with zero attached hydrogens (tertiary/aromatic N) is 4. The smallest absolute Gasteiger partial charge is 0.358 e. The number of carbonyl (C=O) groups is 1. The van der Waals surface area contributed by atoms with Crippen molar-refractivity contribution < 1.29 is 9.90 Å². The molecule has 6 nitrogen and oxygen atoms in total. The van der Waals surface area contributed by atoms with Crippen LogP contribution < -0.4 is 0 Å². The van der Waals surface area contributed by atoms with Gasteiger partial charge >= 0.3 is 5.97 Å². The third kappa shape index (κ3) is 2.83. The lowest BCUT2D eigenvalue weighted by Gasteiger charge is -2.13. The van der Waals surface area contributed by atoms with E-state index in [1.54, 1.807) is 16.0 Å². The molecule has 112 valence electrons. The highest BCUT2D eigenvalue weighted by molar-refractivity contribution is 7.09. The number of thiazole rings is 1. The van der Waals surface area contributed by atoms with Gasteiger partial charge in [-0.15, -0.1) is 16.4 Å². The molecule has 3 rings (SSSR count). The first-order valence-electron chi connectivity index (χ1n) is 6.98. The molecular weight excluding hydrogens is 288 g/mol. The van der Waals surface area contributed by atoms with Crippen LogP contribution in [0.25, 0.3) is 0 Å². The summed E-state index contributed by atoms with van der Waals surface area (Å²) in [6.45, 7) is 6.87. The summed E-state index contributed by atoms with van der Waals surface area (Å²) in [5.74, 6) is -0.719. The van der Waals surface area contributed by atoms with Crippen LogP contribution in [0.15, 0.2) is 5.38 Å². The van der Waals surface area contributed by atoms with E-state index in [0.29, 0.717) is 6.54 Å². The van der Waals surface area contributed by atoms with E-state index in [1.807, 2.05) is 5.38 Å². The second kappa shape index (κ2) is 4.91. The van der Waals surface area contributed by atoms with Crippen LogP contribution in [0.1, 0.15) is 66.4 Å². The zero-order valence-electron chi connectivity index (χ0n) is 12.3. The second-order valence-corrected chi connectivity index (χ2v) is 7.31. The van der Waals surface area contributed by atoms with Gasteiger partial charge in [-0.05, 0) is 12.8 Å². The Kier molecular flexibility index (Phi) is 3.32. The average Bonchev–Trinajstić information content (AvgIpc) is 2.95. The van der Waals surface area contributed by atoms with Crippen molar-refractivity contribution in [1.29, 1.82) is 0 Å². The van der Waals surface area contributed by atoms with E-state index in [9.17, 15) is 9.90 Å². The molecule has 0 aromatic carbocycles. The number of aromatic carboxylic acids is 1. The molecule has 0 spiro atoms. The van der Waals surface area contributed by atoms with Gasteiger partial charge in [0.1, 0.15) is 0 Å². The van der Waals surface area contributed by atoms with E-state index in [1.165, 1.54) is 0 Å². The van der Waals surface area contributed by atoms with Gasteiger partial charge in [0, 0.05) is 16.7 Å². The second-order valence-electron chi connectivity index (χ2n) is 6.45. The highest BCUT2D eigenvalue weighted by atomic mass is 32.1. The predicted octanol–water partition coefficient (Wildman–Crippen LogP) is 2.66. The molecule has 7 heteroatoms. The van der Waals surface area contributed by atoms with Crippen molar-refractivity contribution in [2.75, 3.05) is 0 Å². The summed E-state index contributed by atoms with van der Waals surface area (Å²) in [6, 6.07) is 0. The monoisotopic (exact) mass is 306 g/mol. The van der Waals surface area contributed by atoms with Gasteiger partial charge in [0.2, 0.25) is 0 Å². The van der Waals surface area contributed by atoms with Crippen molar-refractivity contribution in [2.45, 2.75) is 51.5 Å². The van der Waals surface area contributed by atoms with Gasteiger partial charge in [0.15, 0.2) is 5.69 Å². The van der Waals surface area contributed by atoms with Gasteiger partial charge in [-0.1, -0.05) is 26.0 Å². The Balaban J connectivity index is 1.88. The fourth-order valence-electron chi connectivity index (χ4n) is 2.23. The number of carboxylic acids is 1. The zero-order valence-corrected chi connectivity index (χ0v) is 13.1. The van der Waals surface area contributed by atoms with Crippen molar-refractivity contribution >= 4 is 17.3 Å². The Hall–Kier alpha value is -1.76. The maximum atomic E-state index is 11.2. The van der Waals surface area contributed by atoms with E-state index in [4.69, 9.17) is 0 Å². The number of hydrogen-bond donors (Lipinski definition) is 1. The molecule has 1 aliphatic carbocycles. The van der Waals surface area contributed by atoms with Crippen LogP contribution in [-0.2, 0) is 12.0 Å². The van der Waals surface area contributed by atoms with Crippen LogP contribution in [0, 0.1) is 0 Å². The number of aromatic nitrogens is 4. The quantitative estimate of drug-likeness (QED) is 0.939. The molecule has 0 unspecified atom stereocenters. The summed E-state index contributed by atoms with van der Waals surface area (Å²) in [7, 11) is 0. The van der Waals surface area contributed by atoms with Gasteiger partial charge in [0.05, 0.1) is 22.9 Å². The fraction of sp³-hybridized carbons (Fsp3) is 0.571. The molecule has 1 saturated carbocycles. The Morgan fingerprint density at radius 3 is 2.71 bits per heavy atom. The van der Waals surface area contributed by atoms with Gasteiger partial charge in [-0.25, -0.2) is 14.5 Å². The van der Waals surface area contributed by atoms with Gasteiger partial charge in [-0.2, -0.15) is 0 Å². The Morgan fingerprint density at radius 2 is 2.19 bits per heavy atom. The molecule has 0 atom stereocenters. The van der Waals surface area contributed by atoms with Crippen molar-refractivity contribution in [3.05, 3.63) is 27.5 Å². The topological polar surface area (TPSA) is 80.9 Å². The summed E-state index contributed by atoms with van der Waals surface area (Å²) < 4.78 is 1.70. The average molecular weight is 306 g/mol. The highest BCUT2D eigenvalue weighted by Crippen LogP contribution is 2.41. The Morgan fingerprint density at radius 1 is 1.48 bits per heavy atom. The maximum Gasteiger partial charge on any atom is 0.358 e. The van der Waals surface area contributed by atoms with Crippen LogP contribution in [-0.4, -0.2) is 31.1 Å². The minimum Gasteiger partial charge on any atom is -0.476 e. The minimum atomic E-state index is -1.00. The first kappa shape index (κ1) is 14.2. The minimum absolute atomic E-state index is 0.0246. The predicted molar refractivity (Wildman–Crippen MR) is 78.9 cm³/mol. The normalized spacial score (nSPS) is 15.4. The number of carboxylic acid groups (broad SMARTS) is 1. The van der Waals surface area contributed by atoms with Crippen LogP contribution in [0.5, 0.6) is 0 Å². The lowest BCUT2D eigenvalue weighted by molar-refractivity contribution is 0.0689. The standard InChI is InChI=1S/C14H18N4O2S/c1-14(2,3)13-15-9(7-21-13)6-18-11(8-4-5-8)10(12(19)20)16-17-18/h7-8H,4-6H2,1-3H3,(H,19,20). The SMILES string of the molecule is CC(C)(C)c1nc(Cn2nnc(C(=O)O)c2C2CC2)cs1. The van der Waals surface area contributed by atoms with E-state index < -0.39 is 5.97 Å². The van der Waals surface area contributed by atoms with E-state index in [0.717, 1.165) is 29.2 Å². The van der Waals surface area contributed by atoms with Gasteiger partial charge < -0.3 is 5.11 Å². The molecule has 2 aromatic rings. The van der Waals surface area contributed by atoms with Crippen LogP contribution in [0.3, 0.4) is 0 Å². The van der Waals surface area contributed by atoms with Crippen molar-refractivity contribution in [1.82, 2.24) is 20.0 Å². The van der Waals surface area contributed by atoms with Crippen LogP contribution >= 0.6 is 11.3 Å². The molecule has 2 aromatic heterocycles. The molecule has 0 aliphatic heterocycles. The molecule has 2 heterocycles. The first-order valence-corrected chi connectivity index (χ1v) is 7.86. The fourth-order valence-corrected chi connectivity index (χ4v) is 3.13. The summed E-state index contributed by atoms with van der Waals surface area (Å²) >= 11 is 1.63. The van der Waals surface area contributed by atoms with Gasteiger partial charge in [0.25, 0.3) is 0 Å². The lowest BCUT2D eigenvalue weighted by atomic mass is 9.98.